The van der Waals surface area contributed by atoms with E-state index < -0.39 is 5.79 Å². The van der Waals surface area contributed by atoms with E-state index in [0.29, 0.717) is 40.3 Å². The second-order valence-corrected chi connectivity index (χ2v) is 7.29. The van der Waals surface area contributed by atoms with Gasteiger partial charge in [0.15, 0.2) is 5.79 Å². The molecule has 2 aliphatic heterocycles. The molecule has 7 heteroatoms. The van der Waals surface area contributed by atoms with Gasteiger partial charge in [-0.3, -0.25) is 0 Å². The van der Waals surface area contributed by atoms with Crippen molar-refractivity contribution in [1.29, 1.82) is 0 Å². The van der Waals surface area contributed by atoms with Crippen molar-refractivity contribution in [3.8, 4) is 0 Å². The Labute approximate surface area is 136 Å². The molecule has 1 atom stereocenters. The summed E-state index contributed by atoms with van der Waals surface area (Å²) in [6, 6.07) is 1.62. The number of fused-ring (bicyclic) bond motifs is 2. The average molecular weight is 356 g/mol. The Morgan fingerprint density at radius 2 is 1.95 bits per heavy atom. The smallest absolute Gasteiger partial charge is 0.198 e. The molecule has 0 aliphatic carbocycles. The van der Waals surface area contributed by atoms with Crippen LogP contribution in [0.1, 0.15) is 18.4 Å². The first-order chi connectivity index (χ1) is 9.57. The molecule has 20 heavy (non-hydrogen) atoms. The van der Waals surface area contributed by atoms with Crippen LogP contribution in [-0.4, -0.2) is 30.2 Å². The highest BCUT2D eigenvalue weighted by atomic mass is 35.5. The summed E-state index contributed by atoms with van der Waals surface area (Å²) >= 11 is 20.3. The van der Waals surface area contributed by atoms with E-state index >= 15 is 0 Å². The predicted molar refractivity (Wildman–Crippen MR) is 81.0 cm³/mol. The van der Waals surface area contributed by atoms with Crippen molar-refractivity contribution >= 4 is 46.6 Å². The molecule has 1 fully saturated rings. The zero-order valence-electron chi connectivity index (χ0n) is 10.5. The minimum atomic E-state index is -0.947. The second kappa shape index (κ2) is 5.84. The standard InChI is InChI=1S/C13H13Cl3O3S/c14-8-4-9(15)12-10(11(8)16)13(5-7(6-17)20-12)18-2-1-3-19-13/h4,7,17H,1-3,5-6H2. The van der Waals surface area contributed by atoms with Crippen molar-refractivity contribution in [2.45, 2.75) is 28.8 Å². The fourth-order valence-corrected chi connectivity index (χ4v) is 4.79. The highest BCUT2D eigenvalue weighted by Crippen LogP contribution is 2.54. The minimum absolute atomic E-state index is 0.0230. The maximum atomic E-state index is 9.51. The topological polar surface area (TPSA) is 38.7 Å². The molecule has 0 amide bonds. The monoisotopic (exact) mass is 354 g/mol. The van der Waals surface area contributed by atoms with E-state index in [-0.39, 0.29) is 11.9 Å². The van der Waals surface area contributed by atoms with Gasteiger partial charge in [0.1, 0.15) is 0 Å². The summed E-state index contributed by atoms with van der Waals surface area (Å²) in [5.74, 6) is -0.947. The number of aliphatic hydroxyl groups is 1. The Balaban J connectivity index is 2.19. The van der Waals surface area contributed by atoms with Crippen molar-refractivity contribution in [2.75, 3.05) is 19.8 Å². The molecule has 0 radical (unpaired) electrons. The number of halogens is 3. The Kier molecular flexibility index (Phi) is 4.45. The molecule has 1 aromatic carbocycles. The predicted octanol–water partition coefficient (Wildman–Crippen LogP) is 4.09. The van der Waals surface area contributed by atoms with Crippen LogP contribution in [0.25, 0.3) is 0 Å². The normalized spacial score (nSPS) is 24.7. The van der Waals surface area contributed by atoms with Crippen LogP contribution < -0.4 is 0 Å². The Morgan fingerprint density at radius 1 is 1.25 bits per heavy atom. The molecule has 3 nitrogen and oxygen atoms in total. The third-order valence-electron chi connectivity index (χ3n) is 3.45. The molecular formula is C13H13Cl3O3S. The zero-order valence-corrected chi connectivity index (χ0v) is 13.6. The Morgan fingerprint density at radius 3 is 2.60 bits per heavy atom. The maximum absolute atomic E-state index is 9.51. The number of ether oxygens (including phenoxy) is 2. The van der Waals surface area contributed by atoms with Gasteiger partial charge in [-0.15, -0.1) is 11.8 Å². The van der Waals surface area contributed by atoms with Gasteiger partial charge in [-0.2, -0.15) is 0 Å². The molecule has 1 unspecified atom stereocenters. The lowest BCUT2D eigenvalue weighted by molar-refractivity contribution is -0.282. The van der Waals surface area contributed by atoms with Gasteiger partial charge < -0.3 is 14.6 Å². The zero-order chi connectivity index (χ0) is 14.3. The lowest BCUT2D eigenvalue weighted by atomic mass is 9.98. The average Bonchev–Trinajstić information content (AvgIpc) is 2.45. The van der Waals surface area contributed by atoms with Crippen LogP contribution in [0.3, 0.4) is 0 Å². The van der Waals surface area contributed by atoms with E-state index in [2.05, 4.69) is 0 Å². The first-order valence-electron chi connectivity index (χ1n) is 6.31. The molecule has 1 spiro atoms. The largest absolute Gasteiger partial charge is 0.395 e. The van der Waals surface area contributed by atoms with Gasteiger partial charge in [0.2, 0.25) is 0 Å². The third kappa shape index (κ3) is 2.45. The van der Waals surface area contributed by atoms with Gasteiger partial charge in [-0.05, 0) is 12.5 Å². The van der Waals surface area contributed by atoms with E-state index in [1.54, 1.807) is 6.07 Å². The van der Waals surface area contributed by atoms with Gasteiger partial charge in [-0.1, -0.05) is 34.8 Å². The summed E-state index contributed by atoms with van der Waals surface area (Å²) in [6.07, 6.45) is 1.36. The van der Waals surface area contributed by atoms with Crippen LogP contribution in [0.4, 0.5) is 0 Å². The Hall–Kier alpha value is 0.320. The first kappa shape index (κ1) is 15.2. The molecular weight excluding hydrogens is 343 g/mol. The Bertz CT molecular complexity index is 532. The van der Waals surface area contributed by atoms with Crippen LogP contribution in [0, 0.1) is 0 Å². The molecule has 0 bridgehead atoms. The van der Waals surface area contributed by atoms with Crippen LogP contribution in [0.15, 0.2) is 11.0 Å². The first-order valence-corrected chi connectivity index (χ1v) is 8.32. The fourth-order valence-electron chi connectivity index (χ4n) is 2.58. The fraction of sp³-hybridized carbons (Fsp3) is 0.538. The highest BCUT2D eigenvalue weighted by Gasteiger charge is 2.47. The summed E-state index contributed by atoms with van der Waals surface area (Å²) in [4.78, 5) is 0.785. The lowest BCUT2D eigenvalue weighted by Crippen LogP contribution is -2.44. The van der Waals surface area contributed by atoms with Crippen molar-refractivity contribution in [2.24, 2.45) is 0 Å². The summed E-state index contributed by atoms with van der Waals surface area (Å²) < 4.78 is 11.8. The van der Waals surface area contributed by atoms with Crippen molar-refractivity contribution in [1.82, 2.24) is 0 Å². The molecule has 0 aromatic heterocycles. The number of aliphatic hydroxyl groups excluding tert-OH is 1. The van der Waals surface area contributed by atoms with E-state index in [9.17, 15) is 5.11 Å². The quantitative estimate of drug-likeness (QED) is 0.770. The summed E-state index contributed by atoms with van der Waals surface area (Å²) in [7, 11) is 0. The number of benzene rings is 1. The van der Waals surface area contributed by atoms with Crippen LogP contribution in [0.2, 0.25) is 15.1 Å². The van der Waals surface area contributed by atoms with Gasteiger partial charge in [0.05, 0.1) is 34.9 Å². The number of thioether (sulfide) groups is 1. The number of hydrogen-bond donors (Lipinski definition) is 1. The van der Waals surface area contributed by atoms with Crippen LogP contribution >= 0.6 is 46.6 Å². The molecule has 110 valence electrons. The van der Waals surface area contributed by atoms with E-state index in [4.69, 9.17) is 44.3 Å². The summed E-state index contributed by atoms with van der Waals surface area (Å²) in [5.41, 5.74) is 0.700. The van der Waals surface area contributed by atoms with Crippen molar-refractivity contribution in [3.63, 3.8) is 0 Å². The number of hydrogen-bond acceptors (Lipinski definition) is 4. The number of rotatable bonds is 1. The van der Waals surface area contributed by atoms with E-state index in [1.165, 1.54) is 11.8 Å². The van der Waals surface area contributed by atoms with Gasteiger partial charge in [-0.25, -0.2) is 0 Å². The SMILES string of the molecule is OCC1CC2(OCCCO2)c2c(Cl)c(Cl)cc(Cl)c2S1. The summed E-state index contributed by atoms with van der Waals surface area (Å²) in [5, 5.41) is 10.8. The van der Waals surface area contributed by atoms with E-state index in [0.717, 1.165) is 11.3 Å². The molecule has 2 heterocycles. The van der Waals surface area contributed by atoms with E-state index in [1.807, 2.05) is 0 Å². The highest BCUT2D eigenvalue weighted by molar-refractivity contribution is 8.00. The second-order valence-electron chi connectivity index (χ2n) is 4.79. The maximum Gasteiger partial charge on any atom is 0.198 e. The van der Waals surface area contributed by atoms with Crippen molar-refractivity contribution in [3.05, 3.63) is 26.7 Å². The summed E-state index contributed by atoms with van der Waals surface area (Å²) in [6.45, 7) is 1.20. The molecule has 1 aromatic rings. The molecule has 1 N–H and O–H groups in total. The lowest BCUT2D eigenvalue weighted by Gasteiger charge is -2.44. The van der Waals surface area contributed by atoms with Gasteiger partial charge in [0.25, 0.3) is 0 Å². The van der Waals surface area contributed by atoms with Crippen molar-refractivity contribution < 1.29 is 14.6 Å². The molecule has 1 saturated heterocycles. The van der Waals surface area contributed by atoms with Gasteiger partial charge in [0, 0.05) is 22.1 Å². The minimum Gasteiger partial charge on any atom is -0.395 e. The molecule has 2 aliphatic rings. The third-order valence-corrected chi connectivity index (χ3v) is 5.96. The molecule has 3 rings (SSSR count). The van der Waals surface area contributed by atoms with Crippen LogP contribution in [-0.2, 0) is 15.3 Å². The molecule has 0 saturated carbocycles. The van der Waals surface area contributed by atoms with Gasteiger partial charge >= 0.3 is 0 Å². The van der Waals surface area contributed by atoms with Crippen LogP contribution in [0.5, 0.6) is 0 Å².